The maximum absolute atomic E-state index is 13.5. The Labute approximate surface area is 244 Å². The first kappa shape index (κ1) is 29.3. The average molecular weight is 589 g/mol. The van der Waals surface area contributed by atoms with Gasteiger partial charge in [0, 0.05) is 28.2 Å². The van der Waals surface area contributed by atoms with Gasteiger partial charge in [-0.3, -0.25) is 4.79 Å². The number of aromatic nitrogens is 3. The summed E-state index contributed by atoms with van der Waals surface area (Å²) in [6.07, 6.45) is -3.84. The van der Waals surface area contributed by atoms with Gasteiger partial charge in [-0.2, -0.15) is 22.9 Å². The summed E-state index contributed by atoms with van der Waals surface area (Å²) in [5.41, 5.74) is 2.26. The minimum atomic E-state index is -4.57. The number of nitrogens with zero attached hydrogens (tertiary/aromatic N) is 4. The molecule has 0 radical (unpaired) electrons. The predicted molar refractivity (Wildman–Crippen MR) is 157 cm³/mol. The van der Waals surface area contributed by atoms with Crippen molar-refractivity contribution in [2.75, 3.05) is 7.11 Å². The molecule has 8 nitrogen and oxygen atoms in total. The molecule has 2 heterocycles. The standard InChI is InChI=1S/C32H27F3N4O4/c1-19-16-23(20(2)38(19)25-12-14-26(15-13-25)43-21(3)31(41)42-4)18-36-39-29(22-8-7-9-24(17-22)32(33,34)35)37-28-11-6-5-10-27(28)30(39)40/h5-18,21H,1-4H3/t21-/m0/s1. The molecule has 0 unspecified atom stereocenters. The molecule has 5 rings (SSSR count). The summed E-state index contributed by atoms with van der Waals surface area (Å²) >= 11 is 0. The van der Waals surface area contributed by atoms with Crippen molar-refractivity contribution in [2.45, 2.75) is 33.1 Å². The number of esters is 1. The lowest BCUT2D eigenvalue weighted by Gasteiger charge is -2.14. The molecule has 0 amide bonds. The van der Waals surface area contributed by atoms with Gasteiger partial charge in [-0.25, -0.2) is 9.78 Å². The van der Waals surface area contributed by atoms with Crippen LogP contribution < -0.4 is 10.3 Å². The Morgan fingerprint density at radius 2 is 1.72 bits per heavy atom. The second kappa shape index (κ2) is 11.6. The van der Waals surface area contributed by atoms with E-state index in [-0.39, 0.29) is 16.8 Å². The lowest BCUT2D eigenvalue weighted by atomic mass is 10.1. The van der Waals surface area contributed by atoms with Crippen LogP contribution in [0.1, 0.15) is 29.4 Å². The van der Waals surface area contributed by atoms with Crippen LogP contribution in [-0.2, 0) is 15.7 Å². The molecule has 220 valence electrons. The minimum Gasteiger partial charge on any atom is -0.479 e. The second-order valence-corrected chi connectivity index (χ2v) is 9.83. The van der Waals surface area contributed by atoms with Crippen LogP contribution in [0, 0.1) is 13.8 Å². The number of ether oxygens (including phenoxy) is 2. The van der Waals surface area contributed by atoms with Crippen LogP contribution in [0.4, 0.5) is 13.2 Å². The van der Waals surface area contributed by atoms with Crippen molar-refractivity contribution in [2.24, 2.45) is 5.10 Å². The zero-order valence-corrected chi connectivity index (χ0v) is 23.7. The molecule has 0 saturated heterocycles. The van der Waals surface area contributed by atoms with Crippen LogP contribution in [0.15, 0.2) is 88.8 Å². The monoisotopic (exact) mass is 588 g/mol. The molecule has 0 saturated carbocycles. The average Bonchev–Trinajstić information content (AvgIpc) is 3.28. The summed E-state index contributed by atoms with van der Waals surface area (Å²) in [4.78, 5) is 29.7. The van der Waals surface area contributed by atoms with Crippen LogP contribution in [0.25, 0.3) is 28.0 Å². The highest BCUT2D eigenvalue weighted by Gasteiger charge is 2.31. The summed E-state index contributed by atoms with van der Waals surface area (Å²) in [5, 5.41) is 4.72. The first-order valence-electron chi connectivity index (χ1n) is 13.3. The van der Waals surface area contributed by atoms with Gasteiger partial charge in [0.25, 0.3) is 5.56 Å². The number of para-hydroxylation sites is 1. The summed E-state index contributed by atoms with van der Waals surface area (Å²) in [6.45, 7) is 5.39. The number of fused-ring (bicyclic) bond motifs is 1. The Balaban J connectivity index is 1.54. The zero-order valence-electron chi connectivity index (χ0n) is 23.7. The van der Waals surface area contributed by atoms with Gasteiger partial charge < -0.3 is 14.0 Å². The molecule has 11 heteroatoms. The highest BCUT2D eigenvalue weighted by molar-refractivity contribution is 5.83. The summed E-state index contributed by atoms with van der Waals surface area (Å²) in [6, 6.07) is 20.3. The van der Waals surface area contributed by atoms with E-state index in [9.17, 15) is 22.8 Å². The molecular formula is C32H27F3N4O4. The van der Waals surface area contributed by atoms with Gasteiger partial charge in [-0.05, 0) is 75.4 Å². The molecule has 0 fully saturated rings. The van der Waals surface area contributed by atoms with Gasteiger partial charge in [0.2, 0.25) is 0 Å². The topological polar surface area (TPSA) is 87.7 Å². The largest absolute Gasteiger partial charge is 0.479 e. The highest BCUT2D eigenvalue weighted by atomic mass is 19.4. The molecule has 3 aromatic carbocycles. The van der Waals surface area contributed by atoms with Crippen LogP contribution in [0.3, 0.4) is 0 Å². The fraction of sp³-hybridized carbons (Fsp3) is 0.188. The molecule has 0 N–H and O–H groups in total. The third-order valence-electron chi connectivity index (χ3n) is 6.93. The number of rotatable bonds is 7. The lowest BCUT2D eigenvalue weighted by molar-refractivity contribution is -0.148. The van der Waals surface area contributed by atoms with Gasteiger partial charge in [-0.1, -0.05) is 24.3 Å². The first-order chi connectivity index (χ1) is 20.5. The third-order valence-corrected chi connectivity index (χ3v) is 6.93. The molecule has 2 aromatic heterocycles. The van der Waals surface area contributed by atoms with Crippen LogP contribution in [-0.4, -0.2) is 39.6 Å². The lowest BCUT2D eigenvalue weighted by Crippen LogP contribution is -2.24. The minimum absolute atomic E-state index is 0.0170. The van der Waals surface area contributed by atoms with Gasteiger partial charge in [0.1, 0.15) is 5.75 Å². The van der Waals surface area contributed by atoms with Crippen molar-refractivity contribution in [3.8, 4) is 22.8 Å². The van der Waals surface area contributed by atoms with Crippen molar-refractivity contribution < 1.29 is 27.4 Å². The number of halogens is 3. The molecule has 1 atom stereocenters. The molecule has 43 heavy (non-hydrogen) atoms. The summed E-state index contributed by atoms with van der Waals surface area (Å²) in [7, 11) is 1.29. The van der Waals surface area contributed by atoms with E-state index in [2.05, 4.69) is 10.1 Å². The number of methoxy groups -OCH3 is 1. The van der Waals surface area contributed by atoms with E-state index in [4.69, 9.17) is 9.47 Å². The molecule has 0 bridgehead atoms. The Kier molecular flexibility index (Phi) is 7.90. The maximum Gasteiger partial charge on any atom is 0.416 e. The Morgan fingerprint density at radius 3 is 2.42 bits per heavy atom. The van der Waals surface area contributed by atoms with Crippen molar-refractivity contribution in [1.29, 1.82) is 0 Å². The summed E-state index contributed by atoms with van der Waals surface area (Å²) < 4.78 is 53.8. The molecule has 5 aromatic rings. The number of carbonyl (C=O) groups is 1. The van der Waals surface area contributed by atoms with Gasteiger partial charge >= 0.3 is 12.1 Å². The van der Waals surface area contributed by atoms with Crippen LogP contribution in [0.5, 0.6) is 5.75 Å². The zero-order chi connectivity index (χ0) is 30.9. The number of alkyl halides is 3. The van der Waals surface area contributed by atoms with E-state index in [1.54, 1.807) is 43.3 Å². The second-order valence-electron chi connectivity index (χ2n) is 9.83. The third kappa shape index (κ3) is 5.92. The van der Waals surface area contributed by atoms with E-state index >= 15 is 0 Å². The van der Waals surface area contributed by atoms with E-state index in [0.29, 0.717) is 16.8 Å². The fourth-order valence-corrected chi connectivity index (χ4v) is 4.78. The maximum atomic E-state index is 13.5. The van der Waals surface area contributed by atoms with Gasteiger partial charge in [0.15, 0.2) is 11.9 Å². The molecule has 0 spiro atoms. The van der Waals surface area contributed by atoms with Crippen molar-refractivity contribution in [3.63, 3.8) is 0 Å². The fourth-order valence-electron chi connectivity index (χ4n) is 4.78. The molecular weight excluding hydrogens is 561 g/mol. The summed E-state index contributed by atoms with van der Waals surface area (Å²) in [5.74, 6) is -0.00475. The SMILES string of the molecule is COC(=O)[C@H](C)Oc1ccc(-n2c(C)cc(C=Nn3c(-c4cccc(C(F)(F)F)c4)nc4ccccc4c3=O)c2C)cc1. The van der Waals surface area contributed by atoms with E-state index in [1.807, 2.05) is 36.6 Å². The number of carbonyl (C=O) groups excluding carboxylic acids is 1. The van der Waals surface area contributed by atoms with E-state index in [1.165, 1.54) is 25.5 Å². The molecule has 0 aliphatic rings. The van der Waals surface area contributed by atoms with Gasteiger partial charge in [0.05, 0.1) is 29.8 Å². The number of hydrogen-bond acceptors (Lipinski definition) is 6. The Morgan fingerprint density at radius 1 is 1.00 bits per heavy atom. The first-order valence-corrected chi connectivity index (χ1v) is 13.3. The number of aryl methyl sites for hydroxylation is 1. The smallest absolute Gasteiger partial charge is 0.416 e. The number of hydrogen-bond donors (Lipinski definition) is 0. The quantitative estimate of drug-likeness (QED) is 0.164. The van der Waals surface area contributed by atoms with Crippen molar-refractivity contribution in [3.05, 3.63) is 112 Å². The predicted octanol–water partition coefficient (Wildman–Crippen LogP) is 6.31. The number of benzene rings is 3. The van der Waals surface area contributed by atoms with E-state index < -0.39 is 29.4 Å². The Hall–Kier alpha value is -5.19. The van der Waals surface area contributed by atoms with Gasteiger partial charge in [-0.15, -0.1) is 0 Å². The van der Waals surface area contributed by atoms with Crippen molar-refractivity contribution in [1.82, 2.24) is 14.2 Å². The van der Waals surface area contributed by atoms with Crippen LogP contribution >= 0.6 is 0 Å². The van der Waals surface area contributed by atoms with E-state index in [0.717, 1.165) is 33.9 Å². The van der Waals surface area contributed by atoms with Crippen LogP contribution in [0.2, 0.25) is 0 Å². The normalized spacial score (nSPS) is 12.5. The Bertz CT molecular complexity index is 1910. The molecule has 0 aliphatic heterocycles. The molecule has 0 aliphatic carbocycles. The van der Waals surface area contributed by atoms with Crippen molar-refractivity contribution >= 4 is 23.1 Å². The highest BCUT2D eigenvalue weighted by Crippen LogP contribution is 2.32.